The number of hydrogen-bond acceptors (Lipinski definition) is 4. The first kappa shape index (κ1) is 12.8. The number of carbonyl (C=O) groups is 1. The molecule has 0 aromatic rings. The first-order valence-corrected chi connectivity index (χ1v) is 7.90. The number of nitrogens with one attached hydrogen (secondary N) is 1. The Morgan fingerprint density at radius 3 is 2.59 bits per heavy atom. The predicted octanol–water partition coefficient (Wildman–Crippen LogP) is -0.226. The average molecular weight is 260 g/mol. The highest BCUT2D eigenvalue weighted by Crippen LogP contribution is 2.25. The fourth-order valence-corrected chi connectivity index (χ4v) is 4.02. The van der Waals surface area contributed by atoms with Crippen molar-refractivity contribution in [1.29, 1.82) is 0 Å². The van der Waals surface area contributed by atoms with Gasteiger partial charge in [0.15, 0.2) is 9.84 Å². The Bertz CT molecular complexity index is 390. The number of rotatable bonds is 5. The van der Waals surface area contributed by atoms with Gasteiger partial charge in [0.2, 0.25) is 5.91 Å². The maximum atomic E-state index is 11.7. The fourth-order valence-electron chi connectivity index (χ4n) is 2.22. The van der Waals surface area contributed by atoms with Gasteiger partial charge < -0.3 is 10.2 Å². The second-order valence-corrected chi connectivity index (χ2v) is 7.40. The first-order valence-electron chi connectivity index (χ1n) is 6.18. The zero-order valence-electron chi connectivity index (χ0n) is 10.2. The average Bonchev–Trinajstić information content (AvgIpc) is 3.04. The van der Waals surface area contributed by atoms with Crippen molar-refractivity contribution in [3.8, 4) is 0 Å². The van der Waals surface area contributed by atoms with Gasteiger partial charge in [0.1, 0.15) is 0 Å². The lowest BCUT2D eigenvalue weighted by molar-refractivity contribution is -0.129. The van der Waals surface area contributed by atoms with Gasteiger partial charge in [-0.05, 0) is 25.7 Å². The largest absolute Gasteiger partial charge is 0.342 e. The summed E-state index contributed by atoms with van der Waals surface area (Å²) in [5.74, 6) is 0.359. The molecule has 1 amide bonds. The molecule has 5 nitrogen and oxygen atoms in total. The predicted molar refractivity (Wildman–Crippen MR) is 65.5 cm³/mol. The number of carbonyl (C=O) groups excluding carboxylic acids is 1. The van der Waals surface area contributed by atoms with Crippen LogP contribution in [0.5, 0.6) is 0 Å². The molecule has 17 heavy (non-hydrogen) atoms. The SMILES string of the molecule is CN(C(=O)CNCC1CCCS1(=O)=O)C1CC1. The molecule has 98 valence electrons. The molecule has 1 saturated heterocycles. The highest BCUT2D eigenvalue weighted by molar-refractivity contribution is 7.92. The Balaban J connectivity index is 1.70. The van der Waals surface area contributed by atoms with Crippen LogP contribution in [0, 0.1) is 0 Å². The second kappa shape index (κ2) is 4.94. The highest BCUT2D eigenvalue weighted by Gasteiger charge is 2.32. The van der Waals surface area contributed by atoms with Crippen molar-refractivity contribution < 1.29 is 13.2 Å². The molecule has 0 radical (unpaired) electrons. The van der Waals surface area contributed by atoms with E-state index in [-0.39, 0.29) is 17.7 Å². The first-order chi connectivity index (χ1) is 8.00. The van der Waals surface area contributed by atoms with E-state index in [0.29, 0.717) is 18.3 Å². The summed E-state index contributed by atoms with van der Waals surface area (Å²) in [6, 6.07) is 0.416. The molecule has 2 rings (SSSR count). The molecule has 1 heterocycles. The molecule has 1 aliphatic carbocycles. The summed E-state index contributed by atoms with van der Waals surface area (Å²) >= 11 is 0. The van der Waals surface area contributed by atoms with Gasteiger partial charge >= 0.3 is 0 Å². The summed E-state index contributed by atoms with van der Waals surface area (Å²) < 4.78 is 23.1. The molecular weight excluding hydrogens is 240 g/mol. The van der Waals surface area contributed by atoms with Crippen molar-refractivity contribution in [1.82, 2.24) is 10.2 Å². The Morgan fingerprint density at radius 2 is 2.06 bits per heavy atom. The lowest BCUT2D eigenvalue weighted by Gasteiger charge is -2.17. The summed E-state index contributed by atoms with van der Waals surface area (Å²) in [7, 11) is -1.08. The summed E-state index contributed by atoms with van der Waals surface area (Å²) in [5.41, 5.74) is 0. The Hall–Kier alpha value is -0.620. The number of nitrogens with zero attached hydrogens (tertiary/aromatic N) is 1. The highest BCUT2D eigenvalue weighted by atomic mass is 32.2. The van der Waals surface area contributed by atoms with E-state index in [9.17, 15) is 13.2 Å². The molecular formula is C11H20N2O3S. The van der Waals surface area contributed by atoms with E-state index in [0.717, 1.165) is 25.7 Å². The topological polar surface area (TPSA) is 66.5 Å². The van der Waals surface area contributed by atoms with E-state index in [1.54, 1.807) is 4.90 Å². The van der Waals surface area contributed by atoms with Gasteiger partial charge in [0.25, 0.3) is 0 Å². The number of amides is 1. The molecule has 6 heteroatoms. The molecule has 2 aliphatic rings. The number of sulfone groups is 1. The quantitative estimate of drug-likeness (QED) is 0.742. The standard InChI is InChI=1S/C11H20N2O3S/c1-13(9-4-5-9)11(14)8-12-7-10-3-2-6-17(10,15)16/h9-10,12H,2-8H2,1H3. The zero-order valence-corrected chi connectivity index (χ0v) is 11.0. The molecule has 0 aromatic carbocycles. The van der Waals surface area contributed by atoms with E-state index in [2.05, 4.69) is 5.32 Å². The summed E-state index contributed by atoms with van der Waals surface area (Å²) in [6.07, 6.45) is 3.67. The van der Waals surface area contributed by atoms with Crippen molar-refractivity contribution in [2.75, 3.05) is 25.9 Å². The van der Waals surface area contributed by atoms with Crippen LogP contribution in [0.2, 0.25) is 0 Å². The van der Waals surface area contributed by atoms with Crippen LogP contribution in [0.4, 0.5) is 0 Å². The van der Waals surface area contributed by atoms with Gasteiger partial charge in [-0.3, -0.25) is 4.79 Å². The smallest absolute Gasteiger partial charge is 0.236 e. The van der Waals surface area contributed by atoms with E-state index in [1.807, 2.05) is 7.05 Å². The van der Waals surface area contributed by atoms with Crippen LogP contribution in [0.3, 0.4) is 0 Å². The molecule has 1 N–H and O–H groups in total. The lowest BCUT2D eigenvalue weighted by atomic mass is 10.2. The van der Waals surface area contributed by atoms with Gasteiger partial charge in [-0.25, -0.2) is 8.42 Å². The maximum absolute atomic E-state index is 11.7. The molecule has 0 spiro atoms. The van der Waals surface area contributed by atoms with Gasteiger partial charge in [0.05, 0.1) is 17.5 Å². The molecule has 0 bridgehead atoms. The van der Waals surface area contributed by atoms with Crippen LogP contribution >= 0.6 is 0 Å². The lowest BCUT2D eigenvalue weighted by Crippen LogP contribution is -2.40. The third-order valence-electron chi connectivity index (χ3n) is 3.60. The number of hydrogen-bond donors (Lipinski definition) is 1. The molecule has 1 unspecified atom stereocenters. The fraction of sp³-hybridized carbons (Fsp3) is 0.909. The normalized spacial score (nSPS) is 27.0. The number of likely N-dealkylation sites (N-methyl/N-ethyl adjacent to an activating group) is 1. The van der Waals surface area contributed by atoms with E-state index in [1.165, 1.54) is 0 Å². The van der Waals surface area contributed by atoms with E-state index >= 15 is 0 Å². The van der Waals surface area contributed by atoms with Crippen LogP contribution in [0.25, 0.3) is 0 Å². The van der Waals surface area contributed by atoms with Crippen LogP contribution in [0.15, 0.2) is 0 Å². The monoisotopic (exact) mass is 260 g/mol. The van der Waals surface area contributed by atoms with Crippen LogP contribution in [-0.4, -0.2) is 56.4 Å². The Labute approximate surface area is 102 Å². The van der Waals surface area contributed by atoms with E-state index < -0.39 is 9.84 Å². The third kappa shape index (κ3) is 3.19. The maximum Gasteiger partial charge on any atom is 0.236 e. The van der Waals surface area contributed by atoms with Crippen LogP contribution in [0.1, 0.15) is 25.7 Å². The minimum atomic E-state index is -2.90. The Kier molecular flexibility index (Phi) is 3.73. The molecule has 1 aliphatic heterocycles. The second-order valence-electron chi connectivity index (χ2n) is 5.00. The van der Waals surface area contributed by atoms with Crippen molar-refractivity contribution in [2.45, 2.75) is 37.0 Å². The zero-order chi connectivity index (χ0) is 12.5. The summed E-state index contributed by atoms with van der Waals surface area (Å²) in [5, 5.41) is 2.69. The van der Waals surface area contributed by atoms with Crippen molar-refractivity contribution in [3.63, 3.8) is 0 Å². The van der Waals surface area contributed by atoms with Crippen molar-refractivity contribution in [3.05, 3.63) is 0 Å². The van der Waals surface area contributed by atoms with Gasteiger partial charge in [0, 0.05) is 19.6 Å². The minimum absolute atomic E-state index is 0.0582. The molecule has 1 saturated carbocycles. The Morgan fingerprint density at radius 1 is 1.35 bits per heavy atom. The van der Waals surface area contributed by atoms with Crippen LogP contribution in [-0.2, 0) is 14.6 Å². The van der Waals surface area contributed by atoms with E-state index in [4.69, 9.17) is 0 Å². The van der Waals surface area contributed by atoms with Gasteiger partial charge in [-0.1, -0.05) is 0 Å². The van der Waals surface area contributed by atoms with Crippen LogP contribution < -0.4 is 5.32 Å². The van der Waals surface area contributed by atoms with Crippen molar-refractivity contribution in [2.24, 2.45) is 0 Å². The van der Waals surface area contributed by atoms with Gasteiger partial charge in [-0.2, -0.15) is 0 Å². The molecule has 1 atom stereocenters. The minimum Gasteiger partial charge on any atom is -0.342 e. The summed E-state index contributed by atoms with van der Waals surface area (Å²) in [4.78, 5) is 13.4. The van der Waals surface area contributed by atoms with Gasteiger partial charge in [-0.15, -0.1) is 0 Å². The summed E-state index contributed by atoms with van der Waals surface area (Å²) in [6.45, 7) is 0.658. The molecule has 0 aromatic heterocycles. The molecule has 2 fully saturated rings. The van der Waals surface area contributed by atoms with Crippen molar-refractivity contribution >= 4 is 15.7 Å². The third-order valence-corrected chi connectivity index (χ3v) is 5.87.